The Kier molecular flexibility index (Phi) is 4.21. The van der Waals surface area contributed by atoms with Gasteiger partial charge in [0.1, 0.15) is 6.33 Å². The van der Waals surface area contributed by atoms with Crippen molar-refractivity contribution in [2.45, 2.75) is 46.1 Å². The molecule has 0 N–H and O–H groups in total. The molecule has 1 saturated heterocycles. The van der Waals surface area contributed by atoms with Gasteiger partial charge < -0.3 is 0 Å². The van der Waals surface area contributed by atoms with E-state index >= 15 is 0 Å². The first-order valence-electron chi connectivity index (χ1n) is 8.93. The van der Waals surface area contributed by atoms with E-state index < -0.39 is 0 Å². The second-order valence-electron chi connectivity index (χ2n) is 7.07. The third-order valence-electron chi connectivity index (χ3n) is 5.06. The minimum absolute atomic E-state index is 0.457. The number of hydrogen-bond donors (Lipinski definition) is 0. The maximum atomic E-state index is 4.60. The molecule has 0 aromatic carbocycles. The van der Waals surface area contributed by atoms with Crippen LogP contribution in [0.15, 0.2) is 24.5 Å². The topological polar surface area (TPSA) is 59.2 Å². The largest absolute Gasteiger partial charge is 0.298 e. The summed E-state index contributed by atoms with van der Waals surface area (Å²) in [5.41, 5.74) is 5.77. The smallest absolute Gasteiger partial charge is 0.252 e. The normalized spacial score (nSPS) is 18.8. The van der Waals surface area contributed by atoms with Gasteiger partial charge in [-0.15, -0.1) is 0 Å². The summed E-state index contributed by atoms with van der Waals surface area (Å²) in [6, 6.07) is 6.48. The van der Waals surface area contributed by atoms with Gasteiger partial charge in [-0.1, -0.05) is 6.07 Å². The molecule has 1 atom stereocenters. The van der Waals surface area contributed by atoms with Crippen molar-refractivity contribution < 1.29 is 0 Å². The van der Waals surface area contributed by atoms with Crippen molar-refractivity contribution in [1.29, 1.82) is 0 Å². The first kappa shape index (κ1) is 16.1. The first-order chi connectivity index (χ1) is 12.1. The van der Waals surface area contributed by atoms with E-state index in [-0.39, 0.29) is 0 Å². The van der Waals surface area contributed by atoms with Crippen molar-refractivity contribution in [2.24, 2.45) is 0 Å². The van der Waals surface area contributed by atoms with Crippen molar-refractivity contribution >= 4 is 5.78 Å². The molecule has 4 heterocycles. The van der Waals surface area contributed by atoms with Crippen molar-refractivity contribution in [3.63, 3.8) is 0 Å². The fourth-order valence-corrected chi connectivity index (χ4v) is 3.81. The molecular formula is C19H24N6. The van der Waals surface area contributed by atoms with Gasteiger partial charge in [-0.25, -0.2) is 9.50 Å². The van der Waals surface area contributed by atoms with E-state index in [1.54, 1.807) is 6.33 Å². The van der Waals surface area contributed by atoms with Crippen molar-refractivity contribution in [1.82, 2.24) is 29.5 Å². The SMILES string of the molecule is Cc1ccc(CN2CCCC(c3cc(C)nc4ncnn34)C2)c(C)n1. The third kappa shape index (κ3) is 3.26. The van der Waals surface area contributed by atoms with Crippen LogP contribution in [0.5, 0.6) is 0 Å². The standard InChI is InChI=1S/C19H24N6/c1-13-6-7-16(15(3)22-13)10-24-8-4-5-17(11-24)18-9-14(2)23-19-20-12-21-25(18)19/h6-7,9,12,17H,4-5,8,10-11H2,1-3H3. The maximum Gasteiger partial charge on any atom is 0.252 e. The lowest BCUT2D eigenvalue weighted by molar-refractivity contribution is 0.197. The number of hydrogen-bond acceptors (Lipinski definition) is 5. The van der Waals surface area contributed by atoms with Crippen LogP contribution in [0.25, 0.3) is 5.78 Å². The summed E-state index contributed by atoms with van der Waals surface area (Å²) in [5, 5.41) is 4.38. The lowest BCUT2D eigenvalue weighted by atomic mass is 9.93. The molecule has 1 aliphatic heterocycles. The summed E-state index contributed by atoms with van der Waals surface area (Å²) < 4.78 is 1.90. The van der Waals surface area contributed by atoms with Crippen LogP contribution in [0.3, 0.4) is 0 Å². The van der Waals surface area contributed by atoms with Gasteiger partial charge in [-0.05, 0) is 57.9 Å². The molecule has 0 spiro atoms. The maximum absolute atomic E-state index is 4.60. The Bertz CT molecular complexity index is 900. The number of piperidine rings is 1. The minimum Gasteiger partial charge on any atom is -0.298 e. The van der Waals surface area contributed by atoms with Crippen molar-refractivity contribution in [2.75, 3.05) is 13.1 Å². The van der Waals surface area contributed by atoms with Gasteiger partial charge >= 0.3 is 0 Å². The van der Waals surface area contributed by atoms with Crippen LogP contribution in [-0.4, -0.2) is 42.6 Å². The molecule has 0 radical (unpaired) electrons. The van der Waals surface area contributed by atoms with Gasteiger partial charge in [0.25, 0.3) is 5.78 Å². The Morgan fingerprint density at radius 2 is 2.00 bits per heavy atom. The van der Waals surface area contributed by atoms with Gasteiger partial charge in [0, 0.05) is 36.1 Å². The number of aryl methyl sites for hydroxylation is 3. The summed E-state index contributed by atoms with van der Waals surface area (Å²) in [7, 11) is 0. The lowest BCUT2D eigenvalue weighted by Gasteiger charge is -2.33. The molecule has 4 rings (SSSR count). The van der Waals surface area contributed by atoms with Gasteiger partial charge in [-0.3, -0.25) is 9.88 Å². The van der Waals surface area contributed by atoms with Crippen molar-refractivity contribution in [3.05, 3.63) is 52.9 Å². The fourth-order valence-electron chi connectivity index (χ4n) is 3.81. The number of aromatic nitrogens is 5. The van der Waals surface area contributed by atoms with E-state index in [1.807, 2.05) is 18.4 Å². The van der Waals surface area contributed by atoms with Crippen LogP contribution in [0.1, 0.15) is 47.1 Å². The summed E-state index contributed by atoms with van der Waals surface area (Å²) in [6.45, 7) is 9.30. The van der Waals surface area contributed by atoms with E-state index in [9.17, 15) is 0 Å². The molecule has 6 nitrogen and oxygen atoms in total. The number of likely N-dealkylation sites (tertiary alicyclic amines) is 1. The minimum atomic E-state index is 0.457. The predicted molar refractivity (Wildman–Crippen MR) is 96.5 cm³/mol. The van der Waals surface area contributed by atoms with Crippen LogP contribution in [0.2, 0.25) is 0 Å². The van der Waals surface area contributed by atoms with Crippen LogP contribution in [0.4, 0.5) is 0 Å². The zero-order valence-corrected chi connectivity index (χ0v) is 15.1. The fraction of sp³-hybridized carbons (Fsp3) is 0.474. The molecule has 0 amide bonds. The molecule has 3 aromatic rings. The Balaban J connectivity index is 1.57. The molecule has 1 aliphatic rings. The summed E-state index contributed by atoms with van der Waals surface area (Å²) in [4.78, 5) is 15.9. The highest BCUT2D eigenvalue weighted by Crippen LogP contribution is 2.28. The average molecular weight is 336 g/mol. The quantitative estimate of drug-likeness (QED) is 0.736. The van der Waals surface area contributed by atoms with Gasteiger partial charge in [0.05, 0.1) is 5.69 Å². The van der Waals surface area contributed by atoms with Crippen LogP contribution >= 0.6 is 0 Å². The van der Waals surface area contributed by atoms with Crippen LogP contribution < -0.4 is 0 Å². The Hall–Kier alpha value is -2.34. The Labute approximate surface area is 147 Å². The molecule has 0 saturated carbocycles. The van der Waals surface area contributed by atoms with E-state index in [1.165, 1.54) is 24.1 Å². The van der Waals surface area contributed by atoms with Gasteiger partial charge in [0.15, 0.2) is 0 Å². The molecular weight excluding hydrogens is 312 g/mol. The van der Waals surface area contributed by atoms with Crippen LogP contribution in [-0.2, 0) is 6.54 Å². The molecule has 130 valence electrons. The number of rotatable bonds is 3. The molecule has 1 fully saturated rings. The zero-order chi connectivity index (χ0) is 17.4. The second-order valence-corrected chi connectivity index (χ2v) is 7.07. The monoisotopic (exact) mass is 336 g/mol. The number of nitrogens with zero attached hydrogens (tertiary/aromatic N) is 6. The van der Waals surface area contributed by atoms with Gasteiger partial charge in [0.2, 0.25) is 0 Å². The van der Waals surface area contributed by atoms with Crippen LogP contribution in [0, 0.1) is 20.8 Å². The highest BCUT2D eigenvalue weighted by molar-refractivity contribution is 5.31. The van der Waals surface area contributed by atoms with E-state index in [4.69, 9.17) is 0 Å². The molecule has 6 heteroatoms. The summed E-state index contributed by atoms with van der Waals surface area (Å²) in [6.07, 6.45) is 3.97. The second kappa shape index (κ2) is 6.52. The molecule has 0 bridgehead atoms. The van der Waals surface area contributed by atoms with Gasteiger partial charge in [-0.2, -0.15) is 10.1 Å². The highest BCUT2D eigenvalue weighted by atomic mass is 15.3. The molecule has 0 aliphatic carbocycles. The number of fused-ring (bicyclic) bond motifs is 1. The van der Waals surface area contributed by atoms with E-state index in [0.29, 0.717) is 11.7 Å². The predicted octanol–water partition coefficient (Wildman–Crippen LogP) is 2.82. The molecule has 25 heavy (non-hydrogen) atoms. The number of pyridine rings is 1. The average Bonchev–Trinajstić information content (AvgIpc) is 3.05. The Morgan fingerprint density at radius 3 is 2.84 bits per heavy atom. The van der Waals surface area contributed by atoms with Crippen molar-refractivity contribution in [3.8, 4) is 0 Å². The summed E-state index contributed by atoms with van der Waals surface area (Å²) >= 11 is 0. The first-order valence-corrected chi connectivity index (χ1v) is 8.93. The lowest BCUT2D eigenvalue weighted by Crippen LogP contribution is -2.35. The zero-order valence-electron chi connectivity index (χ0n) is 15.1. The molecule has 3 aromatic heterocycles. The Morgan fingerprint density at radius 1 is 1.12 bits per heavy atom. The van der Waals surface area contributed by atoms with E-state index in [0.717, 1.165) is 36.7 Å². The van der Waals surface area contributed by atoms with E-state index in [2.05, 4.69) is 50.1 Å². The summed E-state index contributed by atoms with van der Waals surface area (Å²) in [5.74, 6) is 1.16. The highest BCUT2D eigenvalue weighted by Gasteiger charge is 2.24. The third-order valence-corrected chi connectivity index (χ3v) is 5.06. The molecule has 1 unspecified atom stereocenters.